The Kier molecular flexibility index (Phi) is 25.4. The Morgan fingerprint density at radius 1 is 0.743 bits per heavy atom. The van der Waals surface area contributed by atoms with Crippen LogP contribution in [-0.4, -0.2) is 24.2 Å². The molecule has 0 aliphatic heterocycles. The Labute approximate surface area is 264 Å². The Balaban J connectivity index is -0.000000108. The fraction of sp³-hybridized carbons (Fsp3) is 0.655. The average Bonchev–Trinajstić information content (AvgIpc) is 2.70. The van der Waals surface area contributed by atoms with E-state index in [-0.39, 0.29) is 90.8 Å². The number of hydrogen-bond donors (Lipinski definition) is 1. The summed E-state index contributed by atoms with van der Waals surface area (Å²) in [6, 6.07) is 0. The molecule has 0 radical (unpaired) electrons. The van der Waals surface area contributed by atoms with Gasteiger partial charge in [0.15, 0.2) is 0 Å². The second-order valence-electron chi connectivity index (χ2n) is 10.5. The third kappa shape index (κ3) is 11.2. The Bertz CT molecular complexity index is 662. The third-order valence-corrected chi connectivity index (χ3v) is 8.14. The maximum atomic E-state index is 11.8. The van der Waals surface area contributed by atoms with Crippen molar-refractivity contribution in [1.29, 1.82) is 0 Å². The molecule has 6 heteroatoms. The van der Waals surface area contributed by atoms with Crippen LogP contribution in [0.1, 0.15) is 95.9 Å². The van der Waals surface area contributed by atoms with Crippen LogP contribution in [0.25, 0.3) is 0 Å². The largest absolute Gasteiger partial charge is 1.00 e. The van der Waals surface area contributed by atoms with E-state index in [1.165, 1.54) is 13.0 Å². The van der Waals surface area contributed by atoms with Crippen molar-refractivity contribution >= 4 is 11.9 Å². The number of methoxy groups -OCH3 is 1. The van der Waals surface area contributed by atoms with E-state index in [2.05, 4.69) is 40.9 Å². The maximum absolute atomic E-state index is 11.8. The summed E-state index contributed by atoms with van der Waals surface area (Å²) < 4.78 is 4.88. The number of aliphatic carboxylic acids is 1. The molecule has 0 spiro atoms. The minimum atomic E-state index is -0.783. The van der Waals surface area contributed by atoms with Gasteiger partial charge in [0.05, 0.1) is 17.9 Å². The molecule has 0 aliphatic carbocycles. The van der Waals surface area contributed by atoms with Crippen LogP contribution in [0.3, 0.4) is 0 Å². The summed E-state index contributed by atoms with van der Waals surface area (Å²) in [4.78, 5) is 23.1. The molecule has 0 heterocycles. The average molecular weight is 513 g/mol. The quantitative estimate of drug-likeness (QED) is 0.277. The SMILES string of the molecule is C=C(CC)[C-](C)C(C)(C)C(C)(C)C(=O)O.C=C(CC)[C-](C)C(C)(C)C(C)(C)C(=O)OC.[CH3-].[CH3-].[Na+].[Na+]. The molecule has 0 bridgehead atoms. The van der Waals surface area contributed by atoms with Gasteiger partial charge in [0.2, 0.25) is 0 Å². The van der Waals surface area contributed by atoms with Gasteiger partial charge < -0.3 is 24.7 Å². The van der Waals surface area contributed by atoms with Crippen molar-refractivity contribution < 1.29 is 78.5 Å². The fourth-order valence-corrected chi connectivity index (χ4v) is 3.13. The van der Waals surface area contributed by atoms with E-state index in [9.17, 15) is 14.7 Å². The number of carboxylic acids is 1. The van der Waals surface area contributed by atoms with E-state index in [0.29, 0.717) is 0 Å². The normalized spacial score (nSPS) is 10.9. The number of ether oxygens (including phenoxy) is 1. The molecular weight excluding hydrogens is 458 g/mol. The molecular formula is C29H54Na2O4-2. The summed E-state index contributed by atoms with van der Waals surface area (Å²) >= 11 is 0. The smallest absolute Gasteiger partial charge is 0.481 e. The second kappa shape index (κ2) is 18.4. The van der Waals surface area contributed by atoms with Crippen LogP contribution >= 0.6 is 0 Å². The molecule has 198 valence electrons. The minimum absolute atomic E-state index is 0. The molecule has 0 fully saturated rings. The third-order valence-electron chi connectivity index (χ3n) is 8.14. The van der Waals surface area contributed by atoms with Crippen molar-refractivity contribution in [2.45, 2.75) is 95.9 Å². The first-order valence-electron chi connectivity index (χ1n) is 11.1. The second-order valence-corrected chi connectivity index (χ2v) is 10.5. The van der Waals surface area contributed by atoms with Gasteiger partial charge in [0.1, 0.15) is 0 Å². The molecule has 0 saturated carbocycles. The summed E-state index contributed by atoms with van der Waals surface area (Å²) in [6.45, 7) is 31.6. The van der Waals surface area contributed by atoms with E-state index >= 15 is 0 Å². The van der Waals surface area contributed by atoms with Crippen molar-refractivity contribution in [3.05, 3.63) is 51.0 Å². The van der Waals surface area contributed by atoms with E-state index < -0.39 is 16.8 Å². The molecule has 4 nitrogen and oxygen atoms in total. The number of carboxylic acid groups (broad SMARTS) is 1. The predicted molar refractivity (Wildman–Crippen MR) is 144 cm³/mol. The minimum Gasteiger partial charge on any atom is -0.481 e. The van der Waals surface area contributed by atoms with Crippen LogP contribution in [-0.2, 0) is 14.3 Å². The summed E-state index contributed by atoms with van der Waals surface area (Å²) in [5, 5.41) is 9.24. The molecule has 0 unspecified atom stereocenters. The van der Waals surface area contributed by atoms with Gasteiger partial charge in [-0.15, -0.1) is 13.8 Å². The van der Waals surface area contributed by atoms with Gasteiger partial charge in [-0.1, -0.05) is 65.2 Å². The summed E-state index contributed by atoms with van der Waals surface area (Å²) in [7, 11) is 1.43. The Morgan fingerprint density at radius 2 is 1.00 bits per heavy atom. The molecule has 0 aliphatic rings. The zero-order valence-corrected chi connectivity index (χ0v) is 30.5. The van der Waals surface area contributed by atoms with Crippen LogP contribution in [0.2, 0.25) is 0 Å². The zero-order valence-electron chi connectivity index (χ0n) is 26.5. The predicted octanol–water partition coefficient (Wildman–Crippen LogP) is 2.36. The maximum Gasteiger partial charge on any atom is 1.00 e. The van der Waals surface area contributed by atoms with Crippen LogP contribution in [0.15, 0.2) is 24.3 Å². The topological polar surface area (TPSA) is 63.6 Å². The Hall–Kier alpha value is 0.160. The van der Waals surface area contributed by atoms with Crippen LogP contribution in [0.4, 0.5) is 0 Å². The monoisotopic (exact) mass is 512 g/mol. The van der Waals surface area contributed by atoms with Gasteiger partial charge in [-0.05, 0) is 27.7 Å². The fourth-order valence-electron chi connectivity index (χ4n) is 3.13. The van der Waals surface area contributed by atoms with Crippen LogP contribution < -0.4 is 59.1 Å². The van der Waals surface area contributed by atoms with Crippen molar-refractivity contribution in [2.24, 2.45) is 21.7 Å². The van der Waals surface area contributed by atoms with E-state index in [0.717, 1.165) is 29.9 Å². The number of esters is 1. The number of rotatable bonds is 10. The van der Waals surface area contributed by atoms with Crippen LogP contribution in [0, 0.1) is 48.3 Å². The summed E-state index contributed by atoms with van der Waals surface area (Å²) in [5.41, 5.74) is 0.162. The molecule has 0 aromatic heterocycles. The van der Waals surface area contributed by atoms with Crippen molar-refractivity contribution in [1.82, 2.24) is 0 Å². The molecule has 1 N–H and O–H groups in total. The summed E-state index contributed by atoms with van der Waals surface area (Å²) in [6.07, 6.45) is 1.78. The van der Waals surface area contributed by atoms with Crippen molar-refractivity contribution in [3.63, 3.8) is 0 Å². The number of carbonyl (C=O) groups is 2. The van der Waals surface area contributed by atoms with Gasteiger partial charge in [-0.25, -0.2) is 36.1 Å². The number of hydrogen-bond acceptors (Lipinski definition) is 3. The molecule has 0 rings (SSSR count). The van der Waals surface area contributed by atoms with E-state index in [1.54, 1.807) is 13.8 Å². The standard InChI is InChI=1S/C14H25O2.C13H23O2.2CH3.2Na/c1-9-10(2)11(3)13(4,5)14(6,7)12(15)16-8;1-8-9(2)10(3)12(4,5)13(6,7)11(14)15;;;;/h2,9H2,1,3-8H3;2,8H2,1,3-7H3,(H,14,15);2*1H3;;/q4*-1;2*+1. The van der Waals surface area contributed by atoms with Gasteiger partial charge in [0, 0.05) is 0 Å². The van der Waals surface area contributed by atoms with Gasteiger partial charge >= 0.3 is 71.1 Å². The molecule has 0 saturated heterocycles. The van der Waals surface area contributed by atoms with Gasteiger partial charge in [-0.3, -0.25) is 9.59 Å². The van der Waals surface area contributed by atoms with E-state index in [1.807, 2.05) is 41.5 Å². The first kappa shape index (κ1) is 48.3. The van der Waals surface area contributed by atoms with Gasteiger partial charge in [0.25, 0.3) is 0 Å². The first-order chi connectivity index (χ1) is 13.7. The van der Waals surface area contributed by atoms with Crippen molar-refractivity contribution in [3.8, 4) is 0 Å². The van der Waals surface area contributed by atoms with E-state index in [4.69, 9.17) is 4.74 Å². The van der Waals surface area contributed by atoms with Crippen molar-refractivity contribution in [2.75, 3.05) is 7.11 Å². The molecule has 35 heavy (non-hydrogen) atoms. The molecule has 0 aromatic rings. The zero-order chi connectivity index (χ0) is 25.6. The van der Waals surface area contributed by atoms with Crippen LogP contribution in [0.5, 0.6) is 0 Å². The summed E-state index contributed by atoms with van der Waals surface area (Å²) in [5.74, 6) is 1.30. The number of carbonyl (C=O) groups excluding carboxylic acids is 1. The number of allylic oxidation sites excluding steroid dienone is 2. The Morgan fingerprint density at radius 3 is 1.20 bits per heavy atom. The first-order valence-corrected chi connectivity index (χ1v) is 11.1. The molecule has 0 atom stereocenters. The molecule has 0 aromatic carbocycles. The van der Waals surface area contributed by atoms with Gasteiger partial charge in [-0.2, -0.15) is 0 Å². The molecule has 0 amide bonds.